The molecule has 0 saturated heterocycles. The van der Waals surface area contributed by atoms with Gasteiger partial charge in [-0.15, -0.1) is 12.4 Å². The first-order valence-corrected chi connectivity index (χ1v) is 7.77. The summed E-state index contributed by atoms with van der Waals surface area (Å²) in [7, 11) is 0. The van der Waals surface area contributed by atoms with Crippen LogP contribution < -0.4 is 10.5 Å². The van der Waals surface area contributed by atoms with Crippen molar-refractivity contribution in [2.75, 3.05) is 13.2 Å². The van der Waals surface area contributed by atoms with Gasteiger partial charge < -0.3 is 25.4 Å². The molecule has 142 valence electrons. The molecule has 1 atom stereocenters. The Bertz CT molecular complexity index is 711. The van der Waals surface area contributed by atoms with Crippen molar-refractivity contribution in [2.45, 2.75) is 18.9 Å². The average Bonchev–Trinajstić information content (AvgIpc) is 2.59. The molecule has 2 aromatic rings. The van der Waals surface area contributed by atoms with E-state index in [1.54, 1.807) is 6.07 Å². The quantitative estimate of drug-likeness (QED) is 0.366. The lowest BCUT2D eigenvalue weighted by molar-refractivity contribution is -0.145. The predicted molar refractivity (Wildman–Crippen MR) is 96.2 cm³/mol. The smallest absolute Gasteiger partial charge is 0.323 e. The van der Waals surface area contributed by atoms with Gasteiger partial charge in [0.2, 0.25) is 0 Å². The Labute approximate surface area is 156 Å². The lowest BCUT2D eigenvalue weighted by Gasteiger charge is -2.12. The van der Waals surface area contributed by atoms with E-state index in [4.69, 9.17) is 15.2 Å². The third-order valence-electron chi connectivity index (χ3n) is 3.41. The number of phenols is 2. The summed E-state index contributed by atoms with van der Waals surface area (Å²) >= 11 is 0. The highest BCUT2D eigenvalue weighted by Crippen LogP contribution is 2.25. The summed E-state index contributed by atoms with van der Waals surface area (Å²) in [5.74, 6) is -0.861. The van der Waals surface area contributed by atoms with Crippen molar-refractivity contribution in [1.29, 1.82) is 0 Å². The molecular formula is C18H21ClFNO5. The van der Waals surface area contributed by atoms with Gasteiger partial charge in [0, 0.05) is 6.42 Å². The van der Waals surface area contributed by atoms with Crippen LogP contribution in [0.1, 0.15) is 12.0 Å². The molecule has 0 aliphatic heterocycles. The highest BCUT2D eigenvalue weighted by Gasteiger charge is 2.16. The van der Waals surface area contributed by atoms with E-state index in [1.807, 2.05) is 0 Å². The molecular weight excluding hydrogens is 365 g/mol. The fourth-order valence-electron chi connectivity index (χ4n) is 2.09. The van der Waals surface area contributed by atoms with E-state index >= 15 is 0 Å². The molecule has 2 aromatic carbocycles. The third kappa shape index (κ3) is 6.78. The van der Waals surface area contributed by atoms with Crippen LogP contribution in [0, 0.1) is 5.82 Å². The van der Waals surface area contributed by atoms with Crippen LogP contribution >= 0.6 is 12.4 Å². The summed E-state index contributed by atoms with van der Waals surface area (Å²) < 4.78 is 23.2. The molecule has 0 fully saturated rings. The number of carbonyl (C=O) groups excluding carboxylic acids is 1. The van der Waals surface area contributed by atoms with Gasteiger partial charge >= 0.3 is 5.97 Å². The van der Waals surface area contributed by atoms with Gasteiger partial charge in [-0.3, -0.25) is 4.79 Å². The molecule has 26 heavy (non-hydrogen) atoms. The first-order chi connectivity index (χ1) is 12.0. The largest absolute Gasteiger partial charge is 0.504 e. The van der Waals surface area contributed by atoms with E-state index in [1.165, 1.54) is 36.4 Å². The maximum atomic E-state index is 12.7. The number of esters is 1. The number of carbonyl (C=O) groups is 1. The van der Waals surface area contributed by atoms with Crippen molar-refractivity contribution in [1.82, 2.24) is 0 Å². The van der Waals surface area contributed by atoms with Gasteiger partial charge in [-0.1, -0.05) is 6.07 Å². The van der Waals surface area contributed by atoms with Crippen LogP contribution in [0.15, 0.2) is 42.5 Å². The molecule has 0 unspecified atom stereocenters. The van der Waals surface area contributed by atoms with Crippen molar-refractivity contribution in [2.24, 2.45) is 5.73 Å². The highest BCUT2D eigenvalue weighted by molar-refractivity contribution is 5.85. The Balaban J connectivity index is 0.00000338. The van der Waals surface area contributed by atoms with Crippen molar-refractivity contribution >= 4 is 18.4 Å². The number of aromatic hydroxyl groups is 2. The first-order valence-electron chi connectivity index (χ1n) is 7.77. The van der Waals surface area contributed by atoms with E-state index in [0.29, 0.717) is 24.3 Å². The van der Waals surface area contributed by atoms with Gasteiger partial charge in [0.1, 0.15) is 17.6 Å². The van der Waals surface area contributed by atoms with E-state index in [0.717, 1.165) is 0 Å². The maximum Gasteiger partial charge on any atom is 0.323 e. The normalized spacial score (nSPS) is 11.3. The minimum absolute atomic E-state index is 0. The van der Waals surface area contributed by atoms with Crippen molar-refractivity contribution in [3.63, 3.8) is 0 Å². The molecule has 4 N–H and O–H groups in total. The van der Waals surface area contributed by atoms with Gasteiger partial charge in [-0.25, -0.2) is 4.39 Å². The molecule has 0 bridgehead atoms. The summed E-state index contributed by atoms with van der Waals surface area (Å²) in [6.45, 7) is 0.467. The number of halogens is 2. The van der Waals surface area contributed by atoms with E-state index < -0.39 is 12.0 Å². The van der Waals surface area contributed by atoms with Gasteiger partial charge in [-0.05, 0) is 48.4 Å². The summed E-state index contributed by atoms with van der Waals surface area (Å²) in [5.41, 5.74) is 6.38. The number of hydrogen-bond acceptors (Lipinski definition) is 6. The van der Waals surface area contributed by atoms with E-state index in [2.05, 4.69) is 0 Å². The second-order valence-corrected chi connectivity index (χ2v) is 5.46. The van der Waals surface area contributed by atoms with Gasteiger partial charge in [0.15, 0.2) is 11.5 Å². The number of phenolic OH excluding ortho intramolecular Hbond substituents is 2. The Morgan fingerprint density at radius 3 is 2.42 bits per heavy atom. The lowest BCUT2D eigenvalue weighted by Crippen LogP contribution is -2.34. The van der Waals surface area contributed by atoms with Crippen molar-refractivity contribution < 1.29 is 28.9 Å². The number of ether oxygens (including phenoxy) is 2. The maximum absolute atomic E-state index is 12.7. The van der Waals surface area contributed by atoms with Crippen molar-refractivity contribution in [3.05, 3.63) is 53.8 Å². The SMILES string of the molecule is Cl.N[C@@H](Cc1ccc(O)c(O)c1)C(=O)OCCCOc1ccc(F)cc1. The predicted octanol–water partition coefficient (Wildman–Crippen LogP) is 2.54. The third-order valence-corrected chi connectivity index (χ3v) is 3.41. The summed E-state index contributed by atoms with van der Waals surface area (Å²) in [6, 6.07) is 9.01. The second kappa shape index (κ2) is 10.5. The Hall–Kier alpha value is -2.51. The molecule has 0 radical (unpaired) electrons. The topological polar surface area (TPSA) is 102 Å². The molecule has 0 aromatic heterocycles. The molecule has 0 spiro atoms. The molecule has 8 heteroatoms. The number of rotatable bonds is 8. The number of hydrogen-bond donors (Lipinski definition) is 3. The van der Waals surface area contributed by atoms with Crippen LogP contribution in [0.5, 0.6) is 17.2 Å². The minimum Gasteiger partial charge on any atom is -0.504 e. The minimum atomic E-state index is -0.873. The molecule has 0 aliphatic carbocycles. The van der Waals surface area contributed by atoms with Crippen LogP contribution in [0.3, 0.4) is 0 Å². The molecule has 6 nitrogen and oxygen atoms in total. The fraction of sp³-hybridized carbons (Fsp3) is 0.278. The van der Waals surface area contributed by atoms with Crippen molar-refractivity contribution in [3.8, 4) is 17.2 Å². The van der Waals surface area contributed by atoms with Crippen LogP contribution in [-0.4, -0.2) is 35.4 Å². The van der Waals surface area contributed by atoms with E-state index in [9.17, 15) is 19.4 Å². The highest BCUT2D eigenvalue weighted by atomic mass is 35.5. The Morgan fingerprint density at radius 1 is 1.08 bits per heavy atom. The van der Waals surface area contributed by atoms with Gasteiger partial charge in [0.05, 0.1) is 13.2 Å². The molecule has 0 heterocycles. The first kappa shape index (κ1) is 21.5. The zero-order valence-electron chi connectivity index (χ0n) is 13.9. The monoisotopic (exact) mass is 385 g/mol. The lowest BCUT2D eigenvalue weighted by atomic mass is 10.1. The Morgan fingerprint density at radius 2 is 1.77 bits per heavy atom. The average molecular weight is 386 g/mol. The molecule has 2 rings (SSSR count). The number of nitrogens with two attached hydrogens (primary N) is 1. The van der Waals surface area contributed by atoms with Crippen LogP contribution in [0.4, 0.5) is 4.39 Å². The number of benzene rings is 2. The zero-order valence-corrected chi connectivity index (χ0v) is 14.7. The van der Waals surface area contributed by atoms with E-state index in [-0.39, 0.29) is 42.8 Å². The molecule has 0 aliphatic rings. The molecule has 0 saturated carbocycles. The van der Waals surface area contributed by atoms with Crippen LogP contribution in [0.2, 0.25) is 0 Å². The van der Waals surface area contributed by atoms with Gasteiger partial charge in [0.25, 0.3) is 0 Å². The summed E-state index contributed by atoms with van der Waals surface area (Å²) in [5, 5.41) is 18.7. The summed E-state index contributed by atoms with van der Waals surface area (Å²) in [4.78, 5) is 11.8. The van der Waals surface area contributed by atoms with Gasteiger partial charge in [-0.2, -0.15) is 0 Å². The Kier molecular flexibility index (Phi) is 8.67. The fourth-order valence-corrected chi connectivity index (χ4v) is 2.09. The molecule has 0 amide bonds. The zero-order chi connectivity index (χ0) is 18.2. The van der Waals surface area contributed by atoms with Crippen LogP contribution in [-0.2, 0) is 16.0 Å². The second-order valence-electron chi connectivity index (χ2n) is 5.46. The summed E-state index contributed by atoms with van der Waals surface area (Å²) in [6.07, 6.45) is 0.647. The van der Waals surface area contributed by atoms with Crippen LogP contribution in [0.25, 0.3) is 0 Å². The standard InChI is InChI=1S/C18H20FNO5.ClH/c19-13-3-5-14(6-4-13)24-8-1-9-25-18(23)15(20)10-12-2-7-16(21)17(22)11-12;/h2-7,11,15,21-22H,1,8-10,20H2;1H/t15-;/m0./s1.